The molecule has 1 aliphatic rings. The number of thiocarbonyl (C=S) groups is 1. The van der Waals surface area contributed by atoms with E-state index in [1.807, 2.05) is 30.6 Å². The predicted molar refractivity (Wildman–Crippen MR) is 110 cm³/mol. The maximum absolute atomic E-state index is 5.73. The van der Waals surface area contributed by atoms with Crippen LogP contribution in [0.15, 0.2) is 67.3 Å². The molecule has 3 aromatic heterocycles. The Labute approximate surface area is 165 Å². The molecule has 1 aliphatic heterocycles. The predicted octanol–water partition coefficient (Wildman–Crippen LogP) is 4.03. The van der Waals surface area contributed by atoms with E-state index in [0.717, 1.165) is 16.4 Å². The van der Waals surface area contributed by atoms with Crippen LogP contribution in [0.1, 0.15) is 48.9 Å². The number of hydrogen-bond donors (Lipinski definition) is 1. The Morgan fingerprint density at radius 3 is 2.70 bits per heavy atom. The lowest BCUT2D eigenvalue weighted by atomic mass is 10.0. The summed E-state index contributed by atoms with van der Waals surface area (Å²) < 4.78 is 2.31. The number of hydrogen-bond acceptors (Lipinski definition) is 3. The summed E-state index contributed by atoms with van der Waals surface area (Å²) in [6, 6.07) is 14.8. The molecule has 1 fully saturated rings. The third-order valence-corrected chi connectivity index (χ3v) is 5.30. The Kier molecular flexibility index (Phi) is 4.90. The van der Waals surface area contributed by atoms with E-state index in [9.17, 15) is 0 Å². The molecule has 2 atom stereocenters. The Hall–Kier alpha value is -2.73. The molecule has 27 heavy (non-hydrogen) atoms. The normalized spacial score (nSPS) is 19.5. The van der Waals surface area contributed by atoms with Gasteiger partial charge in [0.25, 0.3) is 0 Å². The van der Waals surface area contributed by atoms with Crippen molar-refractivity contribution < 1.29 is 0 Å². The molecule has 5 nitrogen and oxygen atoms in total. The molecule has 0 aromatic carbocycles. The third kappa shape index (κ3) is 3.45. The summed E-state index contributed by atoms with van der Waals surface area (Å²) in [7, 11) is 0. The highest BCUT2D eigenvalue weighted by Gasteiger charge is 2.41. The molecule has 0 bridgehead atoms. The summed E-state index contributed by atoms with van der Waals surface area (Å²) in [4.78, 5) is 11.1. The minimum atomic E-state index is 0.00257. The van der Waals surface area contributed by atoms with Crippen molar-refractivity contribution in [3.05, 3.63) is 84.2 Å². The summed E-state index contributed by atoms with van der Waals surface area (Å²) >= 11 is 5.73. The highest BCUT2D eigenvalue weighted by molar-refractivity contribution is 7.80. The third-order valence-electron chi connectivity index (χ3n) is 4.94. The molecule has 0 radical (unpaired) electrons. The summed E-state index contributed by atoms with van der Waals surface area (Å²) in [6.07, 6.45) is 7.67. The molecule has 4 heterocycles. The lowest BCUT2D eigenvalue weighted by Gasteiger charge is -2.29. The molecule has 0 unspecified atom stereocenters. The zero-order valence-electron chi connectivity index (χ0n) is 15.5. The quantitative estimate of drug-likeness (QED) is 0.680. The fourth-order valence-electron chi connectivity index (χ4n) is 3.71. The van der Waals surface area contributed by atoms with Crippen LogP contribution in [0.5, 0.6) is 0 Å². The van der Waals surface area contributed by atoms with Gasteiger partial charge in [0.2, 0.25) is 0 Å². The Bertz CT molecular complexity index is 907. The first-order chi connectivity index (χ1) is 13.1. The largest absolute Gasteiger partial charge is 0.352 e. The molecule has 1 N–H and O–H groups in total. The molecule has 138 valence electrons. The Morgan fingerprint density at radius 1 is 1.11 bits per heavy atom. The molecule has 4 rings (SSSR count). The van der Waals surface area contributed by atoms with Crippen LogP contribution < -0.4 is 5.32 Å². The monoisotopic (exact) mass is 377 g/mol. The first-order valence-electron chi connectivity index (χ1n) is 9.19. The first kappa shape index (κ1) is 17.7. The van der Waals surface area contributed by atoms with Crippen molar-refractivity contribution in [2.45, 2.75) is 38.5 Å². The van der Waals surface area contributed by atoms with Crippen LogP contribution in [0.2, 0.25) is 0 Å². The van der Waals surface area contributed by atoms with Crippen LogP contribution in [0.25, 0.3) is 0 Å². The fraction of sp³-hybridized carbons (Fsp3) is 0.286. The lowest BCUT2D eigenvalue weighted by molar-refractivity contribution is 0.293. The van der Waals surface area contributed by atoms with Gasteiger partial charge in [0, 0.05) is 43.1 Å². The van der Waals surface area contributed by atoms with Crippen LogP contribution in [-0.2, 0) is 6.54 Å². The number of nitrogens with one attached hydrogen (secondary N) is 1. The number of nitrogens with zero attached hydrogens (tertiary/aromatic N) is 4. The maximum atomic E-state index is 5.73. The second-order valence-electron chi connectivity index (χ2n) is 7.05. The van der Waals surface area contributed by atoms with Crippen molar-refractivity contribution in [2.75, 3.05) is 0 Å². The summed E-state index contributed by atoms with van der Waals surface area (Å²) in [5.41, 5.74) is 3.36. The van der Waals surface area contributed by atoms with E-state index in [4.69, 9.17) is 12.2 Å². The summed E-state index contributed by atoms with van der Waals surface area (Å²) in [5.74, 6) is 0. The zero-order valence-corrected chi connectivity index (χ0v) is 16.3. The summed E-state index contributed by atoms with van der Waals surface area (Å²) in [6.45, 7) is 5.10. The smallest absolute Gasteiger partial charge is 0.170 e. The minimum absolute atomic E-state index is 0.00257. The Balaban J connectivity index is 1.77. The second kappa shape index (κ2) is 7.48. The second-order valence-corrected chi connectivity index (χ2v) is 7.44. The molecule has 6 heteroatoms. The first-order valence-corrected chi connectivity index (χ1v) is 9.59. The molecular formula is C21H23N5S. The number of pyridine rings is 2. The van der Waals surface area contributed by atoms with Crippen LogP contribution in [0.4, 0.5) is 0 Å². The Morgan fingerprint density at radius 2 is 2.00 bits per heavy atom. The standard InChI is InChI=1S/C21H23N5S/c1-15(2)25-12-6-9-18(25)20-19(17-8-3-4-11-23-17)24-21(27)26(20)14-16-7-5-10-22-13-16/h3-13,15,19-20H,14H2,1-2H3,(H,24,27)/t19-,20-/m0/s1. The van der Waals surface area contributed by atoms with Gasteiger partial charge in [-0.25, -0.2) is 0 Å². The minimum Gasteiger partial charge on any atom is -0.352 e. The molecule has 0 amide bonds. The van der Waals surface area contributed by atoms with E-state index in [1.54, 1.807) is 6.20 Å². The average Bonchev–Trinajstić information content (AvgIpc) is 3.28. The zero-order chi connectivity index (χ0) is 18.8. The van der Waals surface area contributed by atoms with Crippen LogP contribution in [0.3, 0.4) is 0 Å². The van der Waals surface area contributed by atoms with E-state index >= 15 is 0 Å². The summed E-state index contributed by atoms with van der Waals surface area (Å²) in [5, 5.41) is 4.25. The van der Waals surface area contributed by atoms with Crippen LogP contribution >= 0.6 is 12.2 Å². The molecule has 0 spiro atoms. The van der Waals surface area contributed by atoms with E-state index < -0.39 is 0 Å². The van der Waals surface area contributed by atoms with Crippen molar-refractivity contribution in [2.24, 2.45) is 0 Å². The van der Waals surface area contributed by atoms with Crippen molar-refractivity contribution in [3.63, 3.8) is 0 Å². The van der Waals surface area contributed by atoms with Crippen LogP contribution in [0, 0.1) is 0 Å². The van der Waals surface area contributed by atoms with Crippen molar-refractivity contribution >= 4 is 17.3 Å². The van der Waals surface area contributed by atoms with Gasteiger partial charge < -0.3 is 14.8 Å². The highest BCUT2D eigenvalue weighted by atomic mass is 32.1. The van der Waals surface area contributed by atoms with Gasteiger partial charge in [-0.2, -0.15) is 0 Å². The highest BCUT2D eigenvalue weighted by Crippen LogP contribution is 2.40. The number of rotatable bonds is 5. The van der Waals surface area contributed by atoms with Crippen molar-refractivity contribution in [1.82, 2.24) is 24.8 Å². The SMILES string of the molecule is CC(C)n1cccc1[C@H]1[C@H](c2ccccn2)NC(=S)N1Cc1cccnc1. The van der Waals surface area contributed by atoms with Gasteiger partial charge in [-0.15, -0.1) is 0 Å². The van der Waals surface area contributed by atoms with Crippen molar-refractivity contribution in [3.8, 4) is 0 Å². The van der Waals surface area contributed by atoms with Gasteiger partial charge in [0.15, 0.2) is 5.11 Å². The van der Waals surface area contributed by atoms with E-state index in [0.29, 0.717) is 12.6 Å². The van der Waals surface area contributed by atoms with E-state index in [1.165, 1.54) is 5.69 Å². The maximum Gasteiger partial charge on any atom is 0.170 e. The molecular weight excluding hydrogens is 354 g/mol. The van der Waals surface area contributed by atoms with Gasteiger partial charge in [0.1, 0.15) is 0 Å². The topological polar surface area (TPSA) is 46.0 Å². The van der Waals surface area contributed by atoms with Crippen LogP contribution in [-0.4, -0.2) is 24.5 Å². The van der Waals surface area contributed by atoms with Gasteiger partial charge in [-0.1, -0.05) is 12.1 Å². The van der Waals surface area contributed by atoms with Gasteiger partial charge >= 0.3 is 0 Å². The van der Waals surface area contributed by atoms with Gasteiger partial charge in [-0.05, 0) is 62.0 Å². The molecule has 0 saturated carbocycles. The molecule has 1 saturated heterocycles. The van der Waals surface area contributed by atoms with Gasteiger partial charge in [-0.3, -0.25) is 9.97 Å². The van der Waals surface area contributed by atoms with Gasteiger partial charge in [0.05, 0.1) is 17.8 Å². The fourth-order valence-corrected chi connectivity index (χ4v) is 4.02. The lowest BCUT2D eigenvalue weighted by Crippen LogP contribution is -2.30. The van der Waals surface area contributed by atoms with Crippen molar-refractivity contribution in [1.29, 1.82) is 0 Å². The molecule has 0 aliphatic carbocycles. The average molecular weight is 378 g/mol. The van der Waals surface area contributed by atoms with E-state index in [2.05, 4.69) is 69.1 Å². The molecule has 3 aromatic rings. The number of aromatic nitrogens is 3. The van der Waals surface area contributed by atoms with E-state index in [-0.39, 0.29) is 12.1 Å².